The van der Waals surface area contributed by atoms with Gasteiger partial charge in [0.05, 0.1) is 24.7 Å². The van der Waals surface area contributed by atoms with Crippen molar-refractivity contribution < 1.29 is 14.5 Å². The monoisotopic (exact) mass is 338 g/mol. The molecule has 1 heterocycles. The summed E-state index contributed by atoms with van der Waals surface area (Å²) in [4.78, 5) is 3.51. The number of para-hydroxylation sites is 1. The summed E-state index contributed by atoms with van der Waals surface area (Å²) in [6, 6.07) is 5.92. The van der Waals surface area contributed by atoms with Crippen molar-refractivity contribution in [2.24, 2.45) is 0 Å². The number of halogens is 1. The molecular weight excluding hydrogens is 308 g/mol. The molecule has 0 radical (unpaired) electrons. The Morgan fingerprint density at radius 3 is 2.61 bits per heavy atom. The first-order valence-corrected chi connectivity index (χ1v) is 9.30. The van der Waals surface area contributed by atoms with Crippen LogP contribution in [0.2, 0.25) is 5.02 Å². The zero-order chi connectivity index (χ0) is 16.5. The van der Waals surface area contributed by atoms with Gasteiger partial charge in [-0.3, -0.25) is 0 Å². The molecule has 1 saturated heterocycles. The molecule has 1 aliphatic rings. The van der Waals surface area contributed by atoms with E-state index >= 15 is 0 Å². The molecule has 0 spiro atoms. The van der Waals surface area contributed by atoms with Crippen LogP contribution in [0.3, 0.4) is 0 Å². The zero-order valence-electron chi connectivity index (χ0n) is 14.4. The fourth-order valence-corrected chi connectivity index (χ4v) is 3.49. The van der Waals surface area contributed by atoms with Crippen molar-refractivity contribution in [3.05, 3.63) is 41.4 Å². The lowest BCUT2D eigenvalue weighted by atomic mass is 10.1. The van der Waals surface area contributed by atoms with E-state index in [9.17, 15) is 0 Å². The summed E-state index contributed by atoms with van der Waals surface area (Å²) in [7, 11) is 0. The molecule has 128 valence electrons. The van der Waals surface area contributed by atoms with Crippen LogP contribution in [-0.4, -0.2) is 45.9 Å². The number of unbranched alkanes of at least 4 members (excludes halogenated alkanes) is 1. The van der Waals surface area contributed by atoms with Gasteiger partial charge < -0.3 is 14.5 Å². The zero-order valence-corrected chi connectivity index (χ0v) is 15.1. The minimum absolute atomic E-state index is 0.702. The van der Waals surface area contributed by atoms with Gasteiger partial charge in [-0.25, -0.2) is 0 Å². The lowest BCUT2D eigenvalue weighted by molar-refractivity contribution is -1.01. The molecule has 4 heteroatoms. The Bertz CT molecular complexity index is 484. The molecule has 0 unspecified atom stereocenters. The third-order valence-electron chi connectivity index (χ3n) is 4.75. The summed E-state index contributed by atoms with van der Waals surface area (Å²) in [5.41, 5.74) is 1.12. The van der Waals surface area contributed by atoms with E-state index in [1.807, 2.05) is 18.2 Å². The number of ether oxygens (including phenoxy) is 1. The van der Waals surface area contributed by atoms with Crippen LogP contribution in [0, 0.1) is 0 Å². The standard InChI is InChI=1S/C19H29ClN2O/c1-3-8-17-9-7-10-18(20)19(17)23-16-6-5-11-22-14-12-21(4-2)13-15-22/h3,7,9-10H,1,4-6,8,11-16H2,2H3/p+2. The van der Waals surface area contributed by atoms with Gasteiger partial charge in [-0.2, -0.15) is 0 Å². The third kappa shape index (κ3) is 5.83. The lowest BCUT2D eigenvalue weighted by Gasteiger charge is -2.28. The van der Waals surface area contributed by atoms with Crippen molar-refractivity contribution in [3.63, 3.8) is 0 Å². The minimum atomic E-state index is 0.702. The van der Waals surface area contributed by atoms with E-state index in [0.717, 1.165) is 30.8 Å². The first kappa shape index (κ1) is 18.3. The van der Waals surface area contributed by atoms with Crippen molar-refractivity contribution >= 4 is 11.6 Å². The van der Waals surface area contributed by atoms with Crippen LogP contribution in [0.5, 0.6) is 5.75 Å². The maximum absolute atomic E-state index is 6.26. The van der Waals surface area contributed by atoms with Crippen LogP contribution >= 0.6 is 11.6 Å². The second-order valence-electron chi connectivity index (χ2n) is 6.38. The SMILES string of the molecule is C=CCc1cccc(Cl)c1OCCCC[NH+]1CC[NH+](CC)CC1. The van der Waals surface area contributed by atoms with E-state index in [2.05, 4.69) is 19.6 Å². The molecule has 0 saturated carbocycles. The van der Waals surface area contributed by atoms with Gasteiger partial charge in [0.1, 0.15) is 31.9 Å². The second-order valence-corrected chi connectivity index (χ2v) is 6.79. The van der Waals surface area contributed by atoms with Gasteiger partial charge in [0, 0.05) is 0 Å². The van der Waals surface area contributed by atoms with Gasteiger partial charge in [-0.15, -0.1) is 6.58 Å². The number of piperazine rings is 1. The Balaban J connectivity index is 1.67. The number of rotatable bonds is 9. The Hall–Kier alpha value is -1.03. The first-order valence-electron chi connectivity index (χ1n) is 8.92. The molecule has 0 amide bonds. The smallest absolute Gasteiger partial charge is 0.141 e. The maximum Gasteiger partial charge on any atom is 0.141 e. The first-order chi connectivity index (χ1) is 11.2. The second kappa shape index (κ2) is 9.96. The Kier molecular flexibility index (Phi) is 7.93. The van der Waals surface area contributed by atoms with E-state index < -0.39 is 0 Å². The normalized spacial score (nSPS) is 21.1. The summed E-state index contributed by atoms with van der Waals surface area (Å²) in [6.45, 7) is 14.6. The average Bonchev–Trinajstić information content (AvgIpc) is 2.57. The number of allylic oxidation sites excluding steroid dienone is 1. The molecule has 0 aliphatic carbocycles. The predicted molar refractivity (Wildman–Crippen MR) is 96.9 cm³/mol. The molecule has 1 fully saturated rings. The molecule has 1 aliphatic heterocycles. The maximum atomic E-state index is 6.26. The van der Waals surface area contributed by atoms with E-state index in [0.29, 0.717) is 5.02 Å². The lowest BCUT2D eigenvalue weighted by Crippen LogP contribution is -3.28. The molecule has 2 N–H and O–H groups in total. The van der Waals surface area contributed by atoms with Gasteiger partial charge in [-0.1, -0.05) is 29.8 Å². The molecular formula is C19H31ClN2O+2. The van der Waals surface area contributed by atoms with Crippen LogP contribution in [0.15, 0.2) is 30.9 Å². The van der Waals surface area contributed by atoms with Crippen LogP contribution in [0.4, 0.5) is 0 Å². The molecule has 1 aromatic rings. The topological polar surface area (TPSA) is 18.1 Å². The van der Waals surface area contributed by atoms with Crippen molar-refractivity contribution in [1.82, 2.24) is 0 Å². The Morgan fingerprint density at radius 1 is 1.17 bits per heavy atom. The van der Waals surface area contributed by atoms with Crippen molar-refractivity contribution in [2.45, 2.75) is 26.2 Å². The fourth-order valence-electron chi connectivity index (χ4n) is 3.24. The summed E-state index contributed by atoms with van der Waals surface area (Å²) < 4.78 is 5.95. The van der Waals surface area contributed by atoms with Crippen LogP contribution in [0.1, 0.15) is 25.3 Å². The van der Waals surface area contributed by atoms with Crippen LogP contribution in [0.25, 0.3) is 0 Å². The summed E-state index contributed by atoms with van der Waals surface area (Å²) >= 11 is 6.26. The number of hydrogen-bond donors (Lipinski definition) is 2. The van der Waals surface area contributed by atoms with Gasteiger partial charge in [-0.05, 0) is 37.8 Å². The van der Waals surface area contributed by atoms with E-state index in [4.69, 9.17) is 16.3 Å². The number of nitrogens with one attached hydrogen (secondary N) is 2. The number of quaternary nitrogens is 2. The fraction of sp³-hybridized carbons (Fsp3) is 0.579. The molecule has 0 atom stereocenters. The summed E-state index contributed by atoms with van der Waals surface area (Å²) in [5, 5.41) is 0.702. The van der Waals surface area contributed by atoms with Gasteiger partial charge in [0.2, 0.25) is 0 Å². The minimum Gasteiger partial charge on any atom is -0.492 e. The third-order valence-corrected chi connectivity index (χ3v) is 5.05. The predicted octanol–water partition coefficient (Wildman–Crippen LogP) is 1.03. The Labute approximate surface area is 145 Å². The number of benzene rings is 1. The van der Waals surface area contributed by atoms with Gasteiger partial charge >= 0.3 is 0 Å². The van der Waals surface area contributed by atoms with E-state index in [-0.39, 0.29) is 0 Å². The van der Waals surface area contributed by atoms with Gasteiger partial charge in [0.15, 0.2) is 0 Å². The van der Waals surface area contributed by atoms with Crippen LogP contribution < -0.4 is 14.5 Å². The molecule has 1 aromatic carbocycles. The highest BCUT2D eigenvalue weighted by Crippen LogP contribution is 2.29. The highest BCUT2D eigenvalue weighted by Gasteiger charge is 2.20. The summed E-state index contributed by atoms with van der Waals surface area (Å²) in [6.07, 6.45) is 4.99. The molecule has 3 nitrogen and oxygen atoms in total. The quantitative estimate of drug-likeness (QED) is 0.508. The summed E-state index contributed by atoms with van der Waals surface area (Å²) in [5.74, 6) is 0.835. The van der Waals surface area contributed by atoms with Crippen molar-refractivity contribution in [2.75, 3.05) is 45.9 Å². The van der Waals surface area contributed by atoms with E-state index in [1.165, 1.54) is 45.7 Å². The largest absolute Gasteiger partial charge is 0.492 e. The Morgan fingerprint density at radius 2 is 1.91 bits per heavy atom. The molecule has 0 bridgehead atoms. The van der Waals surface area contributed by atoms with E-state index in [1.54, 1.807) is 9.80 Å². The van der Waals surface area contributed by atoms with Crippen molar-refractivity contribution in [3.8, 4) is 5.75 Å². The number of hydrogen-bond acceptors (Lipinski definition) is 1. The molecule has 0 aromatic heterocycles. The molecule has 2 rings (SSSR count). The van der Waals surface area contributed by atoms with Crippen molar-refractivity contribution in [1.29, 1.82) is 0 Å². The highest BCUT2D eigenvalue weighted by molar-refractivity contribution is 6.32. The van der Waals surface area contributed by atoms with Gasteiger partial charge in [0.25, 0.3) is 0 Å². The van der Waals surface area contributed by atoms with Crippen LogP contribution in [-0.2, 0) is 6.42 Å². The molecule has 23 heavy (non-hydrogen) atoms. The highest BCUT2D eigenvalue weighted by atomic mass is 35.5. The number of likely N-dealkylation sites (N-methyl/N-ethyl adjacent to an activating group) is 1. The average molecular weight is 339 g/mol.